The van der Waals surface area contributed by atoms with Gasteiger partial charge < -0.3 is 5.32 Å². The third-order valence-corrected chi connectivity index (χ3v) is 4.76. The van der Waals surface area contributed by atoms with Crippen LogP contribution in [0.3, 0.4) is 0 Å². The quantitative estimate of drug-likeness (QED) is 0.942. The first-order valence-corrected chi connectivity index (χ1v) is 8.15. The number of aromatic nitrogens is 3. The molecule has 0 radical (unpaired) electrons. The highest BCUT2D eigenvalue weighted by molar-refractivity contribution is 7.15. The van der Waals surface area contributed by atoms with Crippen molar-refractivity contribution in [2.45, 2.75) is 44.4 Å². The Hall–Kier alpha value is -1.82. The predicted molar refractivity (Wildman–Crippen MR) is 82.3 cm³/mol. The third-order valence-electron chi connectivity index (χ3n) is 3.76. The number of rotatable bonds is 4. The number of hydrogen-bond acceptors (Lipinski definition) is 5. The van der Waals surface area contributed by atoms with Gasteiger partial charge in [-0.05, 0) is 30.5 Å². The number of amides is 1. The lowest BCUT2D eigenvalue weighted by Crippen LogP contribution is -2.14. The van der Waals surface area contributed by atoms with Crippen LogP contribution in [0.15, 0.2) is 24.5 Å². The maximum absolute atomic E-state index is 12.0. The fourth-order valence-corrected chi connectivity index (χ4v) is 3.58. The molecule has 0 unspecified atom stereocenters. The monoisotopic (exact) mass is 302 g/mol. The van der Waals surface area contributed by atoms with Crippen LogP contribution < -0.4 is 5.32 Å². The van der Waals surface area contributed by atoms with Gasteiger partial charge in [0.1, 0.15) is 5.01 Å². The predicted octanol–water partition coefficient (Wildman–Crippen LogP) is 3.16. The van der Waals surface area contributed by atoms with Gasteiger partial charge in [-0.15, -0.1) is 10.2 Å². The van der Waals surface area contributed by atoms with Crippen molar-refractivity contribution >= 4 is 22.4 Å². The Morgan fingerprint density at radius 1 is 1.19 bits per heavy atom. The van der Waals surface area contributed by atoms with Crippen molar-refractivity contribution in [3.63, 3.8) is 0 Å². The van der Waals surface area contributed by atoms with Crippen LogP contribution in [0.5, 0.6) is 0 Å². The number of anilines is 1. The van der Waals surface area contributed by atoms with E-state index in [1.54, 1.807) is 12.4 Å². The summed E-state index contributed by atoms with van der Waals surface area (Å²) in [5.74, 6) is 0.467. The first-order chi connectivity index (χ1) is 10.3. The molecule has 2 aromatic heterocycles. The Labute approximate surface area is 127 Å². The first-order valence-electron chi connectivity index (χ1n) is 7.33. The van der Waals surface area contributed by atoms with Crippen molar-refractivity contribution in [1.82, 2.24) is 15.2 Å². The maximum Gasteiger partial charge on any atom is 0.230 e. The molecule has 2 aromatic rings. The molecule has 0 atom stereocenters. The number of hydrogen-bond donors (Lipinski definition) is 1. The molecule has 21 heavy (non-hydrogen) atoms. The number of nitrogens with one attached hydrogen (secondary N) is 1. The van der Waals surface area contributed by atoms with Crippen LogP contribution in [0.25, 0.3) is 0 Å². The van der Waals surface area contributed by atoms with E-state index < -0.39 is 0 Å². The second-order valence-electron chi connectivity index (χ2n) is 5.36. The Morgan fingerprint density at radius 2 is 1.95 bits per heavy atom. The first kappa shape index (κ1) is 14.1. The van der Waals surface area contributed by atoms with Crippen LogP contribution in [0.2, 0.25) is 0 Å². The Bertz CT molecular complexity index is 593. The topological polar surface area (TPSA) is 67.8 Å². The van der Waals surface area contributed by atoms with Crippen LogP contribution in [0, 0.1) is 0 Å². The maximum atomic E-state index is 12.0. The van der Waals surface area contributed by atoms with Gasteiger partial charge in [0.25, 0.3) is 0 Å². The van der Waals surface area contributed by atoms with Crippen LogP contribution >= 0.6 is 11.3 Å². The third kappa shape index (κ3) is 3.85. The van der Waals surface area contributed by atoms with E-state index in [1.807, 2.05) is 12.1 Å². The second kappa shape index (κ2) is 6.76. The number of nitrogens with zero attached hydrogens (tertiary/aromatic N) is 3. The number of carbonyl (C=O) groups is 1. The van der Waals surface area contributed by atoms with E-state index in [2.05, 4.69) is 20.5 Å². The lowest BCUT2D eigenvalue weighted by Gasteiger charge is -2.18. The summed E-state index contributed by atoms with van der Waals surface area (Å²) in [6.07, 6.45) is 9.97. The summed E-state index contributed by atoms with van der Waals surface area (Å²) in [6, 6.07) is 3.68. The summed E-state index contributed by atoms with van der Waals surface area (Å²) in [6.45, 7) is 0. The largest absolute Gasteiger partial charge is 0.300 e. The van der Waals surface area contributed by atoms with Crippen molar-refractivity contribution < 1.29 is 4.79 Å². The van der Waals surface area contributed by atoms with Gasteiger partial charge in [0.2, 0.25) is 11.0 Å². The van der Waals surface area contributed by atoms with E-state index in [0.29, 0.717) is 17.5 Å². The zero-order valence-electron chi connectivity index (χ0n) is 11.8. The Morgan fingerprint density at radius 3 is 2.71 bits per heavy atom. The highest BCUT2D eigenvalue weighted by atomic mass is 32.1. The zero-order chi connectivity index (χ0) is 14.5. The van der Waals surface area contributed by atoms with Gasteiger partial charge in [0.15, 0.2) is 0 Å². The van der Waals surface area contributed by atoms with E-state index in [1.165, 1.54) is 43.4 Å². The summed E-state index contributed by atoms with van der Waals surface area (Å²) < 4.78 is 0. The van der Waals surface area contributed by atoms with Crippen LogP contribution in [-0.4, -0.2) is 21.1 Å². The van der Waals surface area contributed by atoms with Crippen molar-refractivity contribution in [3.8, 4) is 0 Å². The SMILES string of the molecule is O=C(Cc1ccncc1)Nc1nnc(C2CCCCC2)s1. The normalized spacial score (nSPS) is 15.8. The van der Waals surface area contributed by atoms with E-state index in [-0.39, 0.29) is 5.91 Å². The van der Waals surface area contributed by atoms with E-state index in [4.69, 9.17) is 0 Å². The fourth-order valence-electron chi connectivity index (χ4n) is 2.65. The van der Waals surface area contributed by atoms with Gasteiger partial charge in [-0.25, -0.2) is 0 Å². The lowest BCUT2D eigenvalue weighted by atomic mass is 9.90. The van der Waals surface area contributed by atoms with Crippen molar-refractivity contribution in [3.05, 3.63) is 35.1 Å². The van der Waals surface area contributed by atoms with Crippen molar-refractivity contribution in [2.75, 3.05) is 5.32 Å². The average molecular weight is 302 g/mol. The summed E-state index contributed by atoms with van der Waals surface area (Å²) in [5, 5.41) is 12.8. The molecule has 5 nitrogen and oxygen atoms in total. The van der Waals surface area contributed by atoms with Crippen LogP contribution in [0.1, 0.15) is 48.6 Å². The second-order valence-corrected chi connectivity index (χ2v) is 6.37. The minimum Gasteiger partial charge on any atom is -0.300 e. The molecule has 1 N–H and O–H groups in total. The Kier molecular flexibility index (Phi) is 4.55. The molecule has 0 saturated heterocycles. The van der Waals surface area contributed by atoms with Gasteiger partial charge in [-0.2, -0.15) is 0 Å². The van der Waals surface area contributed by atoms with E-state index in [0.717, 1.165) is 10.6 Å². The molecule has 1 saturated carbocycles. The van der Waals surface area contributed by atoms with Crippen LogP contribution in [0.4, 0.5) is 5.13 Å². The molecule has 0 aliphatic heterocycles. The summed E-state index contributed by atoms with van der Waals surface area (Å²) >= 11 is 1.51. The molecule has 0 spiro atoms. The molecule has 6 heteroatoms. The van der Waals surface area contributed by atoms with E-state index >= 15 is 0 Å². The van der Waals surface area contributed by atoms with Gasteiger partial charge in [0.05, 0.1) is 6.42 Å². The highest BCUT2D eigenvalue weighted by Crippen LogP contribution is 2.35. The van der Waals surface area contributed by atoms with Crippen molar-refractivity contribution in [1.29, 1.82) is 0 Å². The Balaban J connectivity index is 1.57. The molecule has 1 aliphatic rings. The molecule has 0 bridgehead atoms. The molecule has 1 aliphatic carbocycles. The zero-order valence-corrected chi connectivity index (χ0v) is 12.6. The summed E-state index contributed by atoms with van der Waals surface area (Å²) in [4.78, 5) is 15.9. The smallest absolute Gasteiger partial charge is 0.230 e. The molecular weight excluding hydrogens is 284 g/mol. The summed E-state index contributed by atoms with van der Waals surface area (Å²) in [5.41, 5.74) is 0.944. The van der Waals surface area contributed by atoms with Gasteiger partial charge in [-0.3, -0.25) is 9.78 Å². The minimum atomic E-state index is -0.0625. The van der Waals surface area contributed by atoms with Gasteiger partial charge in [-0.1, -0.05) is 30.6 Å². The molecular formula is C15H18N4OS. The van der Waals surface area contributed by atoms with Gasteiger partial charge in [0, 0.05) is 18.3 Å². The molecule has 1 amide bonds. The van der Waals surface area contributed by atoms with E-state index in [9.17, 15) is 4.79 Å². The van der Waals surface area contributed by atoms with Crippen molar-refractivity contribution in [2.24, 2.45) is 0 Å². The molecule has 0 aromatic carbocycles. The van der Waals surface area contributed by atoms with Crippen LogP contribution in [-0.2, 0) is 11.2 Å². The minimum absolute atomic E-state index is 0.0625. The molecule has 110 valence electrons. The number of pyridine rings is 1. The standard InChI is InChI=1S/C15H18N4OS/c20-13(10-11-6-8-16-9-7-11)17-15-19-18-14(21-15)12-4-2-1-3-5-12/h6-9,12H,1-5,10H2,(H,17,19,20). The average Bonchev–Trinajstić information content (AvgIpc) is 2.97. The molecule has 2 heterocycles. The fraction of sp³-hybridized carbons (Fsp3) is 0.467. The highest BCUT2D eigenvalue weighted by Gasteiger charge is 2.20. The number of carbonyl (C=O) groups excluding carboxylic acids is 1. The lowest BCUT2D eigenvalue weighted by molar-refractivity contribution is -0.115. The molecule has 3 rings (SSSR count). The van der Waals surface area contributed by atoms with Gasteiger partial charge >= 0.3 is 0 Å². The summed E-state index contributed by atoms with van der Waals surface area (Å²) in [7, 11) is 0. The molecule has 1 fully saturated rings.